The van der Waals surface area contributed by atoms with E-state index in [0.717, 1.165) is 15.2 Å². The van der Waals surface area contributed by atoms with Crippen molar-refractivity contribution in [2.75, 3.05) is 31.1 Å². The molecule has 2 aliphatic heterocycles. The number of carbonyl (C=O) groups excluding carboxylic acids is 1. The summed E-state index contributed by atoms with van der Waals surface area (Å²) in [6.07, 6.45) is 1.86. The highest BCUT2D eigenvalue weighted by molar-refractivity contribution is 9.10. The summed E-state index contributed by atoms with van der Waals surface area (Å²) in [6, 6.07) is 14.6. The molecule has 27 heavy (non-hydrogen) atoms. The van der Waals surface area contributed by atoms with Crippen LogP contribution in [0, 0.1) is 5.82 Å². The molecule has 0 aromatic heterocycles. The van der Waals surface area contributed by atoms with Gasteiger partial charge in [0.25, 0.3) is 5.91 Å². The smallest absolute Gasteiger partial charge is 0.286 e. The van der Waals surface area contributed by atoms with Crippen LogP contribution in [0.5, 0.6) is 0 Å². The van der Waals surface area contributed by atoms with Crippen molar-refractivity contribution in [3.8, 4) is 0 Å². The van der Waals surface area contributed by atoms with Crippen molar-refractivity contribution in [1.29, 1.82) is 0 Å². The fourth-order valence-corrected chi connectivity index (χ4v) is 4.51. The van der Waals surface area contributed by atoms with Crippen LogP contribution in [0.2, 0.25) is 0 Å². The molecule has 2 aliphatic rings. The van der Waals surface area contributed by atoms with Crippen LogP contribution in [0.4, 0.5) is 10.1 Å². The average Bonchev–Trinajstić information content (AvgIpc) is 3.03. The molecule has 0 saturated carbocycles. The number of amides is 1. The van der Waals surface area contributed by atoms with Crippen LogP contribution in [0.25, 0.3) is 6.08 Å². The maximum Gasteiger partial charge on any atom is 0.286 e. The highest BCUT2D eigenvalue weighted by Crippen LogP contribution is 2.31. The molecule has 1 amide bonds. The zero-order valence-electron chi connectivity index (χ0n) is 14.4. The van der Waals surface area contributed by atoms with Crippen molar-refractivity contribution in [3.63, 3.8) is 0 Å². The number of thioether (sulfide) groups is 1. The Labute approximate surface area is 169 Å². The minimum Gasteiger partial charge on any atom is -0.366 e. The first-order valence-corrected chi connectivity index (χ1v) is 10.2. The van der Waals surface area contributed by atoms with Gasteiger partial charge >= 0.3 is 0 Å². The van der Waals surface area contributed by atoms with Crippen LogP contribution in [-0.2, 0) is 4.79 Å². The third kappa shape index (κ3) is 4.09. The first-order valence-electron chi connectivity index (χ1n) is 8.63. The number of halogens is 2. The Hall–Kier alpha value is -2.12. The minimum absolute atomic E-state index is 0.201. The van der Waals surface area contributed by atoms with E-state index in [1.807, 2.05) is 41.3 Å². The molecule has 0 N–H and O–H groups in total. The second-order valence-electron chi connectivity index (χ2n) is 6.29. The van der Waals surface area contributed by atoms with Crippen molar-refractivity contribution in [3.05, 3.63) is 69.3 Å². The molecule has 1 fully saturated rings. The minimum atomic E-state index is -0.202. The van der Waals surface area contributed by atoms with Crippen LogP contribution in [0.1, 0.15) is 5.56 Å². The fraction of sp³-hybridized carbons (Fsp3) is 0.200. The third-order valence-corrected chi connectivity index (χ3v) is 6.04. The van der Waals surface area contributed by atoms with Crippen LogP contribution in [0.15, 0.2) is 62.9 Å². The number of amidine groups is 1. The maximum absolute atomic E-state index is 14.0. The number of hydrogen-bond donors (Lipinski definition) is 0. The normalized spacial score (nSPS) is 19.0. The summed E-state index contributed by atoms with van der Waals surface area (Å²) in [5.74, 6) is -0.403. The van der Waals surface area contributed by atoms with Crippen molar-refractivity contribution in [2.24, 2.45) is 4.99 Å². The molecule has 0 radical (unpaired) electrons. The lowest BCUT2D eigenvalue weighted by Crippen LogP contribution is -2.48. The molecule has 138 valence electrons. The van der Waals surface area contributed by atoms with E-state index in [-0.39, 0.29) is 11.7 Å². The number of aliphatic imine (C=N–C) groups is 1. The van der Waals surface area contributed by atoms with Crippen molar-refractivity contribution < 1.29 is 9.18 Å². The number of benzene rings is 2. The Bertz CT molecular complexity index is 938. The van der Waals surface area contributed by atoms with E-state index in [0.29, 0.717) is 36.8 Å². The topological polar surface area (TPSA) is 35.9 Å². The predicted molar refractivity (Wildman–Crippen MR) is 112 cm³/mol. The lowest BCUT2D eigenvalue weighted by atomic mass is 10.2. The summed E-state index contributed by atoms with van der Waals surface area (Å²) in [7, 11) is 0. The van der Waals surface area contributed by atoms with E-state index in [1.165, 1.54) is 17.8 Å². The largest absolute Gasteiger partial charge is 0.366 e. The predicted octanol–water partition coefficient (Wildman–Crippen LogP) is 4.38. The van der Waals surface area contributed by atoms with Gasteiger partial charge in [-0.05, 0) is 47.7 Å². The van der Waals surface area contributed by atoms with Gasteiger partial charge < -0.3 is 9.80 Å². The van der Waals surface area contributed by atoms with Crippen LogP contribution >= 0.6 is 27.7 Å². The van der Waals surface area contributed by atoms with Gasteiger partial charge in [-0.3, -0.25) is 4.79 Å². The van der Waals surface area contributed by atoms with Gasteiger partial charge in [0.2, 0.25) is 0 Å². The van der Waals surface area contributed by atoms with E-state index in [2.05, 4.69) is 25.8 Å². The SMILES string of the molecule is O=C1N=C(N2CCN(c3ccccc3F)CC2)S/C1=C\c1cccc(Br)c1. The van der Waals surface area contributed by atoms with Crippen molar-refractivity contribution in [2.45, 2.75) is 0 Å². The summed E-state index contributed by atoms with van der Waals surface area (Å²) in [4.78, 5) is 21.3. The molecular formula is C20H17BrFN3OS. The summed E-state index contributed by atoms with van der Waals surface area (Å²) < 4.78 is 14.9. The number of piperazine rings is 1. The lowest BCUT2D eigenvalue weighted by Gasteiger charge is -2.36. The molecule has 1 saturated heterocycles. The molecular weight excluding hydrogens is 429 g/mol. The van der Waals surface area contributed by atoms with Gasteiger partial charge in [-0.1, -0.05) is 40.2 Å². The highest BCUT2D eigenvalue weighted by Gasteiger charge is 2.29. The molecule has 7 heteroatoms. The molecule has 0 spiro atoms. The number of rotatable bonds is 2. The molecule has 2 aromatic carbocycles. The van der Waals surface area contributed by atoms with Gasteiger partial charge in [0, 0.05) is 30.7 Å². The molecule has 0 aliphatic carbocycles. The molecule has 4 nitrogen and oxygen atoms in total. The van der Waals surface area contributed by atoms with Gasteiger partial charge in [0.15, 0.2) is 5.17 Å². The van der Waals surface area contributed by atoms with E-state index >= 15 is 0 Å². The van der Waals surface area contributed by atoms with E-state index < -0.39 is 0 Å². The van der Waals surface area contributed by atoms with Crippen molar-refractivity contribution >= 4 is 50.5 Å². The van der Waals surface area contributed by atoms with Crippen LogP contribution < -0.4 is 4.90 Å². The average molecular weight is 446 g/mol. The van der Waals surface area contributed by atoms with E-state index in [9.17, 15) is 9.18 Å². The first kappa shape index (κ1) is 18.3. The van der Waals surface area contributed by atoms with Gasteiger partial charge in [-0.15, -0.1) is 0 Å². The molecule has 0 atom stereocenters. The summed E-state index contributed by atoms with van der Waals surface area (Å²) in [5, 5.41) is 0.731. The number of anilines is 1. The quantitative estimate of drug-likeness (QED) is 0.642. The Morgan fingerprint density at radius 1 is 1.04 bits per heavy atom. The van der Waals surface area contributed by atoms with Gasteiger partial charge in [-0.2, -0.15) is 4.99 Å². The fourth-order valence-electron chi connectivity index (χ4n) is 3.13. The number of carbonyl (C=O) groups is 1. The first-order chi connectivity index (χ1) is 13.1. The molecule has 4 rings (SSSR count). The maximum atomic E-state index is 14.0. The zero-order valence-corrected chi connectivity index (χ0v) is 16.8. The third-order valence-electron chi connectivity index (χ3n) is 4.50. The summed E-state index contributed by atoms with van der Waals surface area (Å²) >= 11 is 4.85. The number of para-hydroxylation sites is 1. The zero-order chi connectivity index (χ0) is 18.8. The molecule has 0 bridgehead atoms. The second kappa shape index (κ2) is 7.86. The molecule has 2 heterocycles. The Morgan fingerprint density at radius 3 is 2.52 bits per heavy atom. The Balaban J connectivity index is 1.42. The second-order valence-corrected chi connectivity index (χ2v) is 8.22. The summed E-state index contributed by atoms with van der Waals surface area (Å²) in [6.45, 7) is 2.80. The van der Waals surface area contributed by atoms with Crippen LogP contribution in [0.3, 0.4) is 0 Å². The Morgan fingerprint density at radius 2 is 1.78 bits per heavy atom. The lowest BCUT2D eigenvalue weighted by molar-refractivity contribution is -0.113. The number of nitrogens with zero attached hydrogens (tertiary/aromatic N) is 3. The van der Waals surface area contributed by atoms with Crippen molar-refractivity contribution in [1.82, 2.24) is 4.90 Å². The van der Waals surface area contributed by atoms with Gasteiger partial charge in [0.05, 0.1) is 10.6 Å². The number of hydrogen-bond acceptors (Lipinski definition) is 4. The monoisotopic (exact) mass is 445 g/mol. The Kier molecular flexibility index (Phi) is 5.31. The van der Waals surface area contributed by atoms with Crippen LogP contribution in [-0.4, -0.2) is 42.2 Å². The molecule has 2 aromatic rings. The highest BCUT2D eigenvalue weighted by atomic mass is 79.9. The summed E-state index contributed by atoms with van der Waals surface area (Å²) in [5.41, 5.74) is 1.59. The van der Waals surface area contributed by atoms with E-state index in [4.69, 9.17) is 0 Å². The van der Waals surface area contributed by atoms with Gasteiger partial charge in [0.1, 0.15) is 5.82 Å². The van der Waals surface area contributed by atoms with E-state index in [1.54, 1.807) is 12.1 Å². The standard InChI is InChI=1S/C20H17BrFN3OS/c21-15-5-3-4-14(12-15)13-18-19(26)23-20(27-18)25-10-8-24(9-11-25)17-7-2-1-6-16(17)22/h1-7,12-13H,8-11H2/b18-13-. The van der Waals surface area contributed by atoms with Gasteiger partial charge in [-0.25, -0.2) is 4.39 Å². The molecule has 0 unspecified atom stereocenters.